The van der Waals surface area contributed by atoms with E-state index in [9.17, 15) is 4.39 Å². The van der Waals surface area contributed by atoms with Crippen LogP contribution < -0.4 is 5.32 Å². The second-order valence-electron chi connectivity index (χ2n) is 6.81. The van der Waals surface area contributed by atoms with Crippen LogP contribution in [-0.2, 0) is 13.1 Å². The number of rotatable bonds is 7. The SMILES string of the molecule is CC(C)NCc1ccc(F)c(CN(C)CC2CCCC2)c1. The molecule has 0 amide bonds. The predicted octanol–water partition coefficient (Wildman–Crippen LogP) is 3.95. The van der Waals surface area contributed by atoms with Crippen LogP contribution in [0.15, 0.2) is 18.2 Å². The van der Waals surface area contributed by atoms with E-state index in [2.05, 4.69) is 31.1 Å². The minimum atomic E-state index is -0.0819. The van der Waals surface area contributed by atoms with Gasteiger partial charge in [-0.1, -0.05) is 38.8 Å². The lowest BCUT2D eigenvalue weighted by Crippen LogP contribution is -2.25. The van der Waals surface area contributed by atoms with Crippen molar-refractivity contribution in [3.05, 3.63) is 35.1 Å². The maximum Gasteiger partial charge on any atom is 0.127 e. The molecule has 0 aliphatic heterocycles. The second-order valence-corrected chi connectivity index (χ2v) is 6.81. The number of benzene rings is 1. The molecular formula is C18H29FN2. The molecule has 1 aliphatic carbocycles. The zero-order valence-corrected chi connectivity index (χ0v) is 13.7. The van der Waals surface area contributed by atoms with E-state index < -0.39 is 0 Å². The Bertz CT molecular complexity index is 439. The third kappa shape index (κ3) is 5.40. The molecule has 2 nitrogen and oxygen atoms in total. The van der Waals surface area contributed by atoms with Gasteiger partial charge >= 0.3 is 0 Å². The molecule has 3 heteroatoms. The summed E-state index contributed by atoms with van der Waals surface area (Å²) in [6.07, 6.45) is 5.41. The molecule has 0 radical (unpaired) electrons. The minimum Gasteiger partial charge on any atom is -0.310 e. The van der Waals surface area contributed by atoms with Crippen LogP contribution in [0, 0.1) is 11.7 Å². The summed E-state index contributed by atoms with van der Waals surface area (Å²) in [6.45, 7) is 6.85. The van der Waals surface area contributed by atoms with Gasteiger partial charge in [0.15, 0.2) is 0 Å². The van der Waals surface area contributed by atoms with Gasteiger partial charge in [0.05, 0.1) is 0 Å². The van der Waals surface area contributed by atoms with E-state index in [1.165, 1.54) is 25.7 Å². The summed E-state index contributed by atoms with van der Waals surface area (Å²) in [5, 5.41) is 3.38. The smallest absolute Gasteiger partial charge is 0.127 e. The summed E-state index contributed by atoms with van der Waals surface area (Å²) >= 11 is 0. The van der Waals surface area contributed by atoms with E-state index in [1.807, 2.05) is 12.1 Å². The molecule has 1 fully saturated rings. The molecule has 1 saturated carbocycles. The highest BCUT2D eigenvalue weighted by Gasteiger charge is 2.17. The zero-order valence-electron chi connectivity index (χ0n) is 13.7. The first-order valence-corrected chi connectivity index (χ1v) is 8.24. The Labute approximate surface area is 128 Å². The monoisotopic (exact) mass is 292 g/mol. The summed E-state index contributed by atoms with van der Waals surface area (Å²) in [7, 11) is 2.11. The van der Waals surface area contributed by atoms with Crippen molar-refractivity contribution in [2.45, 2.75) is 58.7 Å². The Kier molecular flexibility index (Phi) is 6.19. The quantitative estimate of drug-likeness (QED) is 0.818. The first-order valence-electron chi connectivity index (χ1n) is 8.24. The highest BCUT2D eigenvalue weighted by molar-refractivity contribution is 5.25. The molecule has 21 heavy (non-hydrogen) atoms. The fraction of sp³-hybridized carbons (Fsp3) is 0.667. The molecule has 0 aromatic heterocycles. The summed E-state index contributed by atoms with van der Waals surface area (Å²) in [6, 6.07) is 5.94. The predicted molar refractivity (Wildman–Crippen MR) is 86.7 cm³/mol. The molecule has 2 rings (SSSR count). The van der Waals surface area contributed by atoms with E-state index >= 15 is 0 Å². The van der Waals surface area contributed by atoms with Gasteiger partial charge in [-0.2, -0.15) is 0 Å². The van der Waals surface area contributed by atoms with Crippen molar-refractivity contribution in [1.82, 2.24) is 10.2 Å². The van der Waals surface area contributed by atoms with Gasteiger partial charge < -0.3 is 10.2 Å². The van der Waals surface area contributed by atoms with Crippen molar-refractivity contribution >= 4 is 0 Å². The van der Waals surface area contributed by atoms with Crippen LogP contribution in [-0.4, -0.2) is 24.5 Å². The fourth-order valence-electron chi connectivity index (χ4n) is 3.17. The van der Waals surface area contributed by atoms with E-state index in [-0.39, 0.29) is 5.82 Å². The maximum absolute atomic E-state index is 14.0. The van der Waals surface area contributed by atoms with Gasteiger partial charge in [-0.15, -0.1) is 0 Å². The summed E-state index contributed by atoms with van der Waals surface area (Å²) < 4.78 is 14.0. The highest BCUT2D eigenvalue weighted by Crippen LogP contribution is 2.25. The third-order valence-electron chi connectivity index (χ3n) is 4.31. The van der Waals surface area contributed by atoms with Crippen LogP contribution in [0.2, 0.25) is 0 Å². The van der Waals surface area contributed by atoms with Crippen LogP contribution in [0.1, 0.15) is 50.7 Å². The van der Waals surface area contributed by atoms with Crippen molar-refractivity contribution in [2.75, 3.05) is 13.6 Å². The van der Waals surface area contributed by atoms with Crippen LogP contribution >= 0.6 is 0 Å². The Morgan fingerprint density at radius 2 is 2.00 bits per heavy atom. The highest BCUT2D eigenvalue weighted by atomic mass is 19.1. The summed E-state index contributed by atoms with van der Waals surface area (Å²) in [5.41, 5.74) is 1.98. The van der Waals surface area contributed by atoms with E-state index in [0.717, 1.165) is 30.1 Å². The van der Waals surface area contributed by atoms with Gasteiger partial charge in [0.25, 0.3) is 0 Å². The molecular weight excluding hydrogens is 263 g/mol. The number of nitrogens with zero attached hydrogens (tertiary/aromatic N) is 1. The molecule has 0 spiro atoms. The van der Waals surface area contributed by atoms with E-state index in [0.29, 0.717) is 12.6 Å². The van der Waals surface area contributed by atoms with Gasteiger partial charge in [0.2, 0.25) is 0 Å². The van der Waals surface area contributed by atoms with E-state index in [4.69, 9.17) is 0 Å². The van der Waals surface area contributed by atoms with Crippen molar-refractivity contribution < 1.29 is 4.39 Å². The van der Waals surface area contributed by atoms with Crippen molar-refractivity contribution in [2.24, 2.45) is 5.92 Å². The second kappa shape index (κ2) is 7.90. The normalized spacial score (nSPS) is 16.3. The van der Waals surface area contributed by atoms with Crippen LogP contribution in [0.3, 0.4) is 0 Å². The van der Waals surface area contributed by atoms with Crippen molar-refractivity contribution in [1.29, 1.82) is 0 Å². The van der Waals surface area contributed by atoms with Crippen molar-refractivity contribution in [3.63, 3.8) is 0 Å². The van der Waals surface area contributed by atoms with Gasteiger partial charge in [0, 0.05) is 31.2 Å². The molecule has 118 valence electrons. The Morgan fingerprint density at radius 3 is 2.67 bits per heavy atom. The van der Waals surface area contributed by atoms with Crippen LogP contribution in [0.25, 0.3) is 0 Å². The lowest BCUT2D eigenvalue weighted by atomic mass is 10.1. The molecule has 1 aliphatic rings. The molecule has 0 atom stereocenters. The zero-order chi connectivity index (χ0) is 15.2. The molecule has 1 aromatic carbocycles. The van der Waals surface area contributed by atoms with E-state index in [1.54, 1.807) is 6.07 Å². The largest absolute Gasteiger partial charge is 0.310 e. The summed E-state index contributed by atoms with van der Waals surface area (Å²) in [5.74, 6) is 0.727. The number of hydrogen-bond donors (Lipinski definition) is 1. The molecule has 1 aromatic rings. The first-order chi connectivity index (χ1) is 10.0. The third-order valence-corrected chi connectivity index (χ3v) is 4.31. The average molecular weight is 292 g/mol. The van der Waals surface area contributed by atoms with Gasteiger partial charge in [-0.3, -0.25) is 0 Å². The average Bonchev–Trinajstić information content (AvgIpc) is 2.92. The van der Waals surface area contributed by atoms with Crippen LogP contribution in [0.4, 0.5) is 4.39 Å². The van der Waals surface area contributed by atoms with Crippen LogP contribution in [0.5, 0.6) is 0 Å². The Hall–Kier alpha value is -0.930. The number of nitrogens with one attached hydrogen (secondary N) is 1. The fourth-order valence-corrected chi connectivity index (χ4v) is 3.17. The topological polar surface area (TPSA) is 15.3 Å². The minimum absolute atomic E-state index is 0.0819. The Balaban J connectivity index is 1.92. The lowest BCUT2D eigenvalue weighted by Gasteiger charge is -2.21. The molecule has 0 bridgehead atoms. The van der Waals surface area contributed by atoms with Gasteiger partial charge in [0.1, 0.15) is 5.82 Å². The Morgan fingerprint density at radius 1 is 1.29 bits per heavy atom. The van der Waals surface area contributed by atoms with Crippen molar-refractivity contribution in [3.8, 4) is 0 Å². The standard InChI is InChI=1S/C18H29FN2/c1-14(2)20-11-16-8-9-18(19)17(10-16)13-21(3)12-15-6-4-5-7-15/h8-10,14-15,20H,4-7,11-13H2,1-3H3. The molecule has 0 unspecified atom stereocenters. The first kappa shape index (κ1) is 16.4. The maximum atomic E-state index is 14.0. The summed E-state index contributed by atoms with van der Waals surface area (Å²) in [4.78, 5) is 2.27. The lowest BCUT2D eigenvalue weighted by molar-refractivity contribution is 0.268. The molecule has 0 heterocycles. The number of hydrogen-bond acceptors (Lipinski definition) is 2. The molecule has 0 saturated heterocycles. The van der Waals surface area contributed by atoms with Gasteiger partial charge in [-0.25, -0.2) is 4.39 Å². The van der Waals surface area contributed by atoms with Gasteiger partial charge in [-0.05, 0) is 37.4 Å². The molecule has 1 N–H and O–H groups in total. The number of halogens is 1.